The molecule has 2 amide bonds. The van der Waals surface area contributed by atoms with Crippen molar-refractivity contribution in [2.75, 3.05) is 10.6 Å². The van der Waals surface area contributed by atoms with Crippen LogP contribution in [0.3, 0.4) is 0 Å². The fourth-order valence-corrected chi connectivity index (χ4v) is 2.99. The summed E-state index contributed by atoms with van der Waals surface area (Å²) in [4.78, 5) is 25.2. The first-order chi connectivity index (χ1) is 13.8. The molecule has 0 aliphatic rings. The largest absolute Gasteiger partial charge is 0.324 e. The summed E-state index contributed by atoms with van der Waals surface area (Å²) in [5.41, 5.74) is 6.05. The molecule has 0 spiro atoms. The summed E-state index contributed by atoms with van der Waals surface area (Å²) in [5.74, 6) is -0.497. The summed E-state index contributed by atoms with van der Waals surface area (Å²) in [6, 6.07) is 12.6. The SMILES string of the molecule is Cc1cccc(NC(=O)c2ccn([C@@H](C)C(=O)Nc3cccc(C)c3C)n2)c1C. The average molecular weight is 390 g/mol. The number of benzene rings is 2. The number of carbonyl (C=O) groups is 2. The van der Waals surface area contributed by atoms with E-state index in [2.05, 4.69) is 15.7 Å². The van der Waals surface area contributed by atoms with Crippen LogP contribution in [0.2, 0.25) is 0 Å². The van der Waals surface area contributed by atoms with E-state index in [9.17, 15) is 9.59 Å². The molecule has 0 radical (unpaired) electrons. The number of hydrogen-bond acceptors (Lipinski definition) is 3. The lowest BCUT2D eigenvalue weighted by atomic mass is 10.1. The minimum atomic E-state index is -0.558. The number of carbonyl (C=O) groups excluding carboxylic acids is 2. The number of nitrogens with zero attached hydrogens (tertiary/aromatic N) is 2. The molecule has 0 saturated heterocycles. The van der Waals surface area contributed by atoms with Crippen LogP contribution in [0.25, 0.3) is 0 Å². The summed E-state index contributed by atoms with van der Waals surface area (Å²) in [7, 11) is 0. The van der Waals surface area contributed by atoms with Crippen molar-refractivity contribution in [1.29, 1.82) is 0 Å². The summed E-state index contributed by atoms with van der Waals surface area (Å²) in [5, 5.41) is 10.1. The molecule has 0 aliphatic carbocycles. The van der Waals surface area contributed by atoms with Gasteiger partial charge in [0, 0.05) is 17.6 Å². The van der Waals surface area contributed by atoms with Gasteiger partial charge in [0.2, 0.25) is 5.91 Å². The number of hydrogen-bond donors (Lipinski definition) is 2. The van der Waals surface area contributed by atoms with E-state index < -0.39 is 6.04 Å². The second kappa shape index (κ2) is 8.31. The topological polar surface area (TPSA) is 76.0 Å². The molecular weight excluding hydrogens is 364 g/mol. The van der Waals surface area contributed by atoms with Gasteiger partial charge in [-0.15, -0.1) is 0 Å². The minimum Gasteiger partial charge on any atom is -0.324 e. The Balaban J connectivity index is 1.71. The van der Waals surface area contributed by atoms with E-state index in [1.807, 2.05) is 64.1 Å². The Morgan fingerprint density at radius 3 is 2.00 bits per heavy atom. The molecule has 2 N–H and O–H groups in total. The van der Waals surface area contributed by atoms with E-state index in [4.69, 9.17) is 0 Å². The highest BCUT2D eigenvalue weighted by atomic mass is 16.2. The predicted molar refractivity (Wildman–Crippen MR) is 115 cm³/mol. The third kappa shape index (κ3) is 4.37. The Labute approximate surface area is 170 Å². The molecule has 3 aromatic rings. The van der Waals surface area contributed by atoms with Crippen molar-refractivity contribution in [1.82, 2.24) is 9.78 Å². The van der Waals surface area contributed by atoms with Gasteiger partial charge in [0.25, 0.3) is 5.91 Å². The maximum Gasteiger partial charge on any atom is 0.276 e. The molecule has 0 bridgehead atoms. The molecule has 0 saturated carbocycles. The van der Waals surface area contributed by atoms with Crippen LogP contribution in [0, 0.1) is 27.7 Å². The summed E-state index contributed by atoms with van der Waals surface area (Å²) in [6.07, 6.45) is 1.64. The average Bonchev–Trinajstić information content (AvgIpc) is 3.18. The molecule has 0 fully saturated rings. The van der Waals surface area contributed by atoms with Crippen molar-refractivity contribution in [3.8, 4) is 0 Å². The normalized spacial score (nSPS) is 11.8. The van der Waals surface area contributed by atoms with Gasteiger partial charge in [-0.2, -0.15) is 5.10 Å². The quantitative estimate of drug-likeness (QED) is 0.670. The molecule has 2 aromatic carbocycles. The highest BCUT2D eigenvalue weighted by Gasteiger charge is 2.19. The molecule has 1 atom stereocenters. The lowest BCUT2D eigenvalue weighted by molar-refractivity contribution is -0.119. The zero-order valence-electron chi connectivity index (χ0n) is 17.4. The second-order valence-electron chi connectivity index (χ2n) is 7.30. The van der Waals surface area contributed by atoms with Crippen molar-refractivity contribution >= 4 is 23.2 Å². The fraction of sp³-hybridized carbons (Fsp3) is 0.261. The molecule has 1 heterocycles. The Bertz CT molecular complexity index is 1070. The highest BCUT2D eigenvalue weighted by Crippen LogP contribution is 2.21. The van der Waals surface area contributed by atoms with Gasteiger partial charge in [-0.05, 0) is 75.1 Å². The van der Waals surface area contributed by atoms with Crippen LogP contribution < -0.4 is 10.6 Å². The summed E-state index contributed by atoms with van der Waals surface area (Å²) < 4.78 is 1.50. The molecule has 29 heavy (non-hydrogen) atoms. The standard InChI is InChI=1S/C23H26N4O2/c1-14-8-6-10-19(16(14)3)24-22(28)18(5)27-13-12-21(26-27)23(29)25-20-11-7-9-15(2)17(20)4/h6-13,18H,1-5H3,(H,24,28)(H,25,29)/t18-/m0/s1. The summed E-state index contributed by atoms with van der Waals surface area (Å²) in [6.45, 7) is 9.68. The van der Waals surface area contributed by atoms with Gasteiger partial charge in [-0.25, -0.2) is 0 Å². The molecule has 6 nitrogen and oxygen atoms in total. The lowest BCUT2D eigenvalue weighted by Gasteiger charge is -2.15. The van der Waals surface area contributed by atoms with E-state index in [0.717, 1.165) is 33.6 Å². The minimum absolute atomic E-state index is 0.191. The number of rotatable bonds is 5. The van der Waals surface area contributed by atoms with E-state index >= 15 is 0 Å². The zero-order valence-corrected chi connectivity index (χ0v) is 17.4. The lowest BCUT2D eigenvalue weighted by Crippen LogP contribution is -2.25. The third-order valence-electron chi connectivity index (χ3n) is 5.33. The van der Waals surface area contributed by atoms with Gasteiger partial charge < -0.3 is 10.6 Å². The van der Waals surface area contributed by atoms with Crippen molar-refractivity contribution in [3.05, 3.63) is 76.6 Å². The number of aromatic nitrogens is 2. The molecule has 0 unspecified atom stereocenters. The predicted octanol–water partition coefficient (Wildman–Crippen LogP) is 4.57. The van der Waals surface area contributed by atoms with Crippen molar-refractivity contribution in [2.24, 2.45) is 0 Å². The Kier molecular flexibility index (Phi) is 5.82. The molecular formula is C23H26N4O2. The van der Waals surface area contributed by atoms with Crippen molar-refractivity contribution < 1.29 is 9.59 Å². The highest BCUT2D eigenvalue weighted by molar-refractivity contribution is 6.03. The van der Waals surface area contributed by atoms with Gasteiger partial charge in [-0.3, -0.25) is 14.3 Å². The van der Waals surface area contributed by atoms with Crippen molar-refractivity contribution in [2.45, 2.75) is 40.7 Å². The first kappa shape index (κ1) is 20.3. The second-order valence-corrected chi connectivity index (χ2v) is 7.30. The van der Waals surface area contributed by atoms with Gasteiger partial charge in [0.05, 0.1) is 0 Å². The van der Waals surface area contributed by atoms with Crippen LogP contribution >= 0.6 is 0 Å². The van der Waals surface area contributed by atoms with Gasteiger partial charge in [0.1, 0.15) is 6.04 Å². The molecule has 3 rings (SSSR count). The fourth-order valence-electron chi connectivity index (χ4n) is 2.99. The smallest absolute Gasteiger partial charge is 0.276 e. The molecule has 6 heteroatoms. The third-order valence-corrected chi connectivity index (χ3v) is 5.33. The number of aryl methyl sites for hydroxylation is 2. The Morgan fingerprint density at radius 1 is 0.862 bits per heavy atom. The van der Waals surface area contributed by atoms with Crippen molar-refractivity contribution in [3.63, 3.8) is 0 Å². The molecule has 0 aliphatic heterocycles. The monoisotopic (exact) mass is 390 g/mol. The van der Waals surface area contributed by atoms with E-state index in [0.29, 0.717) is 0 Å². The zero-order chi connectivity index (χ0) is 21.1. The molecule has 150 valence electrons. The summed E-state index contributed by atoms with van der Waals surface area (Å²) >= 11 is 0. The van der Waals surface area contributed by atoms with Crippen LogP contribution in [0.5, 0.6) is 0 Å². The van der Waals surface area contributed by atoms with Crippen LogP contribution in [0.1, 0.15) is 45.7 Å². The van der Waals surface area contributed by atoms with Gasteiger partial charge in [0.15, 0.2) is 5.69 Å². The van der Waals surface area contributed by atoms with E-state index in [1.54, 1.807) is 19.2 Å². The first-order valence-corrected chi connectivity index (χ1v) is 9.57. The van der Waals surface area contributed by atoms with E-state index in [1.165, 1.54) is 4.68 Å². The number of amides is 2. The molecule has 1 aromatic heterocycles. The van der Waals surface area contributed by atoms with Crippen LogP contribution in [0.4, 0.5) is 11.4 Å². The van der Waals surface area contributed by atoms with Gasteiger partial charge in [-0.1, -0.05) is 24.3 Å². The van der Waals surface area contributed by atoms with Gasteiger partial charge >= 0.3 is 0 Å². The van der Waals surface area contributed by atoms with Crippen LogP contribution in [-0.4, -0.2) is 21.6 Å². The van der Waals surface area contributed by atoms with E-state index in [-0.39, 0.29) is 17.5 Å². The Hall–Kier alpha value is -3.41. The first-order valence-electron chi connectivity index (χ1n) is 9.57. The maximum absolute atomic E-state index is 12.7. The Morgan fingerprint density at radius 2 is 1.41 bits per heavy atom. The van der Waals surface area contributed by atoms with Crippen LogP contribution in [0.15, 0.2) is 48.7 Å². The number of nitrogens with one attached hydrogen (secondary N) is 2. The van der Waals surface area contributed by atoms with Crippen LogP contribution in [-0.2, 0) is 4.79 Å². The maximum atomic E-state index is 12.7. The number of anilines is 2.